The van der Waals surface area contributed by atoms with Gasteiger partial charge in [0.2, 0.25) is 0 Å². The average Bonchev–Trinajstić information content (AvgIpc) is 2.49. The van der Waals surface area contributed by atoms with Crippen LogP contribution in [0.15, 0.2) is 11.6 Å². The van der Waals surface area contributed by atoms with E-state index in [2.05, 4.69) is 0 Å². The molecule has 0 saturated heterocycles. The van der Waals surface area contributed by atoms with Crippen molar-refractivity contribution in [1.82, 2.24) is 0 Å². The van der Waals surface area contributed by atoms with E-state index in [4.69, 9.17) is 4.74 Å². The molecule has 1 saturated carbocycles. The maximum absolute atomic E-state index is 11.8. The van der Waals surface area contributed by atoms with Gasteiger partial charge in [0.05, 0.1) is 12.5 Å². The normalized spacial score (nSPS) is 18.0. The molecule has 1 aliphatic rings. The molecular formula is C16H24O6. The molecule has 6 heteroatoms. The van der Waals surface area contributed by atoms with Crippen molar-refractivity contribution in [3.63, 3.8) is 0 Å². The second-order valence-corrected chi connectivity index (χ2v) is 5.70. The van der Waals surface area contributed by atoms with Gasteiger partial charge in [0, 0.05) is 25.5 Å². The summed E-state index contributed by atoms with van der Waals surface area (Å²) in [6.07, 6.45) is 6.28. The van der Waals surface area contributed by atoms with E-state index in [9.17, 15) is 24.6 Å². The summed E-state index contributed by atoms with van der Waals surface area (Å²) in [5, 5.41) is 18.7. The number of ketones is 1. The zero-order valence-corrected chi connectivity index (χ0v) is 12.9. The van der Waals surface area contributed by atoms with Crippen LogP contribution in [0.1, 0.15) is 44.9 Å². The highest BCUT2D eigenvalue weighted by molar-refractivity contribution is 5.96. The molecule has 124 valence electrons. The molecular weight excluding hydrogens is 288 g/mol. The van der Waals surface area contributed by atoms with Gasteiger partial charge in [-0.05, 0) is 18.8 Å². The Hall–Kier alpha value is -1.69. The van der Waals surface area contributed by atoms with Crippen molar-refractivity contribution in [3.05, 3.63) is 11.6 Å². The van der Waals surface area contributed by atoms with E-state index in [1.807, 2.05) is 0 Å². The van der Waals surface area contributed by atoms with E-state index >= 15 is 0 Å². The monoisotopic (exact) mass is 312 g/mol. The van der Waals surface area contributed by atoms with E-state index in [-0.39, 0.29) is 36.7 Å². The Morgan fingerprint density at radius 3 is 2.32 bits per heavy atom. The molecule has 1 atom stereocenters. The number of hydrogen-bond donors (Lipinski definition) is 2. The molecule has 0 bridgehead atoms. The zero-order valence-electron chi connectivity index (χ0n) is 12.9. The minimum atomic E-state index is -1.29. The second-order valence-electron chi connectivity index (χ2n) is 5.70. The first-order valence-electron chi connectivity index (χ1n) is 7.64. The van der Waals surface area contributed by atoms with Crippen LogP contribution in [0.3, 0.4) is 0 Å². The van der Waals surface area contributed by atoms with Crippen LogP contribution in [-0.2, 0) is 19.1 Å². The van der Waals surface area contributed by atoms with Crippen molar-refractivity contribution < 1.29 is 29.3 Å². The lowest BCUT2D eigenvalue weighted by atomic mass is 9.84. The molecule has 2 N–H and O–H groups in total. The van der Waals surface area contributed by atoms with Crippen LogP contribution < -0.4 is 0 Å². The van der Waals surface area contributed by atoms with Gasteiger partial charge in [-0.15, -0.1) is 0 Å². The van der Waals surface area contributed by atoms with Crippen molar-refractivity contribution in [1.29, 1.82) is 0 Å². The third-order valence-electron chi connectivity index (χ3n) is 4.00. The molecule has 1 rings (SSSR count). The summed E-state index contributed by atoms with van der Waals surface area (Å²) >= 11 is 0. The molecule has 0 aromatic rings. The Morgan fingerprint density at radius 2 is 1.82 bits per heavy atom. The first-order chi connectivity index (χ1) is 10.5. The lowest BCUT2D eigenvalue weighted by Gasteiger charge is -2.20. The van der Waals surface area contributed by atoms with E-state index in [0.717, 1.165) is 32.1 Å². The SMILES string of the molecule is COCCC(=O)CC(C(=O)O)C(=CC1CCCCC1)C(=O)O. The number of carboxylic acids is 2. The van der Waals surface area contributed by atoms with Gasteiger partial charge in [-0.3, -0.25) is 9.59 Å². The Bertz CT molecular complexity index is 434. The maximum Gasteiger partial charge on any atom is 0.332 e. The zero-order chi connectivity index (χ0) is 16.5. The molecule has 22 heavy (non-hydrogen) atoms. The van der Waals surface area contributed by atoms with Gasteiger partial charge >= 0.3 is 11.9 Å². The van der Waals surface area contributed by atoms with Crippen LogP contribution in [0.2, 0.25) is 0 Å². The minimum absolute atomic E-state index is 0.0933. The molecule has 0 spiro atoms. The number of hydrogen-bond acceptors (Lipinski definition) is 4. The highest BCUT2D eigenvalue weighted by atomic mass is 16.5. The molecule has 1 unspecified atom stereocenters. The number of carboxylic acid groups (broad SMARTS) is 2. The second kappa shape index (κ2) is 9.35. The molecule has 1 aliphatic carbocycles. The summed E-state index contributed by atoms with van der Waals surface area (Å²) in [5.74, 6) is -4.02. The Labute approximate surface area is 130 Å². The highest BCUT2D eigenvalue weighted by Crippen LogP contribution is 2.28. The number of methoxy groups -OCH3 is 1. The number of carbonyl (C=O) groups excluding carboxylic acids is 1. The van der Waals surface area contributed by atoms with Gasteiger partial charge in [-0.25, -0.2) is 4.79 Å². The van der Waals surface area contributed by atoms with Crippen LogP contribution in [-0.4, -0.2) is 41.7 Å². The molecule has 1 fully saturated rings. The van der Waals surface area contributed by atoms with Gasteiger partial charge in [-0.1, -0.05) is 25.3 Å². The summed E-state index contributed by atoms with van der Waals surface area (Å²) in [6, 6.07) is 0. The van der Waals surface area contributed by atoms with Crippen molar-refractivity contribution in [3.8, 4) is 0 Å². The summed E-state index contributed by atoms with van der Waals surface area (Å²) < 4.78 is 4.78. The van der Waals surface area contributed by atoms with E-state index < -0.39 is 17.9 Å². The summed E-state index contributed by atoms with van der Waals surface area (Å²) in [5.41, 5.74) is -0.162. The lowest BCUT2D eigenvalue weighted by Crippen LogP contribution is -2.25. The van der Waals surface area contributed by atoms with Crippen LogP contribution in [0.25, 0.3) is 0 Å². The molecule has 6 nitrogen and oxygen atoms in total. The Balaban J connectivity index is 2.86. The van der Waals surface area contributed by atoms with Gasteiger partial charge in [-0.2, -0.15) is 0 Å². The fourth-order valence-electron chi connectivity index (χ4n) is 2.77. The van der Waals surface area contributed by atoms with Crippen molar-refractivity contribution in [2.45, 2.75) is 44.9 Å². The summed E-state index contributed by atoms with van der Waals surface area (Å²) in [7, 11) is 1.45. The maximum atomic E-state index is 11.8. The Morgan fingerprint density at radius 1 is 1.18 bits per heavy atom. The number of carbonyl (C=O) groups is 3. The van der Waals surface area contributed by atoms with Gasteiger partial charge in [0.25, 0.3) is 0 Å². The third-order valence-corrected chi connectivity index (χ3v) is 4.00. The topological polar surface area (TPSA) is 101 Å². The van der Waals surface area contributed by atoms with Crippen molar-refractivity contribution in [2.75, 3.05) is 13.7 Å². The number of allylic oxidation sites excluding steroid dienone is 1. The summed E-state index contributed by atoms with van der Waals surface area (Å²) in [4.78, 5) is 34.6. The number of ether oxygens (including phenoxy) is 1. The van der Waals surface area contributed by atoms with Crippen LogP contribution in [0.4, 0.5) is 0 Å². The largest absolute Gasteiger partial charge is 0.481 e. The molecule has 0 aromatic carbocycles. The number of aliphatic carboxylic acids is 2. The fraction of sp³-hybridized carbons (Fsp3) is 0.688. The van der Waals surface area contributed by atoms with Crippen molar-refractivity contribution in [2.24, 2.45) is 11.8 Å². The lowest BCUT2D eigenvalue weighted by molar-refractivity contribution is -0.145. The van der Waals surface area contributed by atoms with Gasteiger partial charge in [0.1, 0.15) is 5.78 Å². The molecule has 0 amide bonds. The molecule has 0 aromatic heterocycles. The van der Waals surface area contributed by atoms with Crippen LogP contribution in [0, 0.1) is 11.8 Å². The number of Topliss-reactive ketones (excluding diaryl/α,β-unsaturated/α-hetero) is 1. The van der Waals surface area contributed by atoms with Crippen LogP contribution in [0.5, 0.6) is 0 Å². The smallest absolute Gasteiger partial charge is 0.332 e. The molecule has 0 aliphatic heterocycles. The predicted molar refractivity (Wildman–Crippen MR) is 79.5 cm³/mol. The predicted octanol–water partition coefficient (Wildman–Crippen LogP) is 2.27. The molecule has 0 heterocycles. The first-order valence-corrected chi connectivity index (χ1v) is 7.64. The van der Waals surface area contributed by atoms with E-state index in [0.29, 0.717) is 0 Å². The van der Waals surface area contributed by atoms with Gasteiger partial charge < -0.3 is 14.9 Å². The Kier molecular flexibility index (Phi) is 7.80. The third kappa shape index (κ3) is 5.97. The molecule has 0 radical (unpaired) electrons. The average molecular weight is 312 g/mol. The quantitative estimate of drug-likeness (QED) is 0.633. The summed E-state index contributed by atoms with van der Waals surface area (Å²) in [6.45, 7) is 0.208. The van der Waals surface area contributed by atoms with E-state index in [1.165, 1.54) is 7.11 Å². The van der Waals surface area contributed by atoms with E-state index in [1.54, 1.807) is 6.08 Å². The standard InChI is InChI=1S/C16H24O6/c1-22-8-7-12(17)10-14(16(20)21)13(15(18)19)9-11-5-3-2-4-6-11/h9,11,14H,2-8,10H2,1H3,(H,18,19)(H,20,21). The fourth-order valence-corrected chi connectivity index (χ4v) is 2.77. The highest BCUT2D eigenvalue weighted by Gasteiger charge is 2.30. The van der Waals surface area contributed by atoms with Crippen molar-refractivity contribution >= 4 is 17.7 Å². The number of rotatable bonds is 9. The van der Waals surface area contributed by atoms with Gasteiger partial charge in [0.15, 0.2) is 0 Å². The van der Waals surface area contributed by atoms with Crippen LogP contribution >= 0.6 is 0 Å². The minimum Gasteiger partial charge on any atom is -0.481 e. The first kappa shape index (κ1) is 18.4.